The quantitative estimate of drug-likeness (QED) is 0.651. The van der Waals surface area contributed by atoms with Gasteiger partial charge in [-0.3, -0.25) is 0 Å². The summed E-state index contributed by atoms with van der Waals surface area (Å²) >= 11 is 0. The number of carbonyl (C=O) groups is 2. The summed E-state index contributed by atoms with van der Waals surface area (Å²) in [4.78, 5) is 25.1. The van der Waals surface area contributed by atoms with E-state index in [1.165, 1.54) is 0 Å². The second-order valence-electron chi connectivity index (χ2n) is 8.16. The lowest BCUT2D eigenvalue weighted by Crippen LogP contribution is -2.56. The second kappa shape index (κ2) is 7.55. The number of carbonyl (C=O) groups excluding carboxylic acids is 2. The van der Waals surface area contributed by atoms with Crippen molar-refractivity contribution in [1.82, 2.24) is 0 Å². The fourth-order valence-electron chi connectivity index (χ4n) is 2.71. The van der Waals surface area contributed by atoms with Crippen molar-refractivity contribution in [1.29, 1.82) is 0 Å². The molecule has 4 heteroatoms. The van der Waals surface area contributed by atoms with E-state index >= 15 is 0 Å². The molecule has 2 rings (SSSR count). The van der Waals surface area contributed by atoms with Gasteiger partial charge in [0.05, 0.1) is 11.1 Å². The van der Waals surface area contributed by atoms with Crippen LogP contribution in [0.2, 0.25) is 0 Å². The molecule has 0 bridgehead atoms. The fourth-order valence-corrected chi connectivity index (χ4v) is 2.71. The lowest BCUT2D eigenvalue weighted by Gasteiger charge is -2.49. The van der Waals surface area contributed by atoms with Gasteiger partial charge in [-0.05, 0) is 52.0 Å². The van der Waals surface area contributed by atoms with E-state index in [9.17, 15) is 9.59 Å². The van der Waals surface area contributed by atoms with Crippen LogP contribution >= 0.6 is 0 Å². The molecule has 0 N–H and O–H groups in total. The fraction of sp³-hybridized carbons (Fsp3) is 0.391. The van der Waals surface area contributed by atoms with E-state index in [0.29, 0.717) is 11.1 Å². The van der Waals surface area contributed by atoms with Crippen molar-refractivity contribution >= 4 is 11.9 Å². The molecule has 144 valence electrons. The first-order chi connectivity index (χ1) is 12.5. The van der Waals surface area contributed by atoms with Gasteiger partial charge < -0.3 is 9.47 Å². The van der Waals surface area contributed by atoms with Gasteiger partial charge in [-0.1, -0.05) is 50.2 Å². The van der Waals surface area contributed by atoms with E-state index in [0.717, 1.165) is 0 Å². The summed E-state index contributed by atoms with van der Waals surface area (Å²) < 4.78 is 11.7. The topological polar surface area (TPSA) is 52.6 Å². The lowest BCUT2D eigenvalue weighted by atomic mass is 9.66. The van der Waals surface area contributed by atoms with Crippen LogP contribution in [0.25, 0.3) is 0 Å². The van der Waals surface area contributed by atoms with E-state index in [2.05, 4.69) is 0 Å². The molecule has 0 amide bonds. The van der Waals surface area contributed by atoms with Gasteiger partial charge in [-0.2, -0.15) is 0 Å². The highest BCUT2D eigenvalue weighted by Crippen LogP contribution is 2.45. The molecule has 2 aromatic rings. The van der Waals surface area contributed by atoms with Crippen molar-refractivity contribution in [3.8, 4) is 0 Å². The summed E-state index contributed by atoms with van der Waals surface area (Å²) in [7, 11) is 0. The Hall–Kier alpha value is -2.62. The van der Waals surface area contributed by atoms with Crippen molar-refractivity contribution in [2.75, 3.05) is 0 Å². The molecule has 0 aliphatic heterocycles. The highest BCUT2D eigenvalue weighted by atomic mass is 16.6. The molecule has 0 atom stereocenters. The predicted molar refractivity (Wildman–Crippen MR) is 106 cm³/mol. The Bertz CT molecular complexity index is 722. The first-order valence-corrected chi connectivity index (χ1v) is 9.05. The SMILES string of the molecule is CC(C)(OC(=O)c1ccccc1)C(C)(C)C(C)(C)OC(=O)c1ccccc1. The average molecular weight is 368 g/mol. The second-order valence-corrected chi connectivity index (χ2v) is 8.16. The maximum absolute atomic E-state index is 12.5. The smallest absolute Gasteiger partial charge is 0.338 e. The molecule has 0 aliphatic rings. The van der Waals surface area contributed by atoms with Gasteiger partial charge in [0.1, 0.15) is 11.2 Å². The standard InChI is InChI=1S/C23H28O4/c1-21(2,22(3,4)26-19(24)17-13-9-7-10-14-17)23(5,6)27-20(25)18-15-11-8-12-16-18/h7-16H,1-6H3. The molecule has 4 nitrogen and oxygen atoms in total. The minimum Gasteiger partial charge on any atom is -0.455 e. The predicted octanol–water partition coefficient (Wildman–Crippen LogP) is 5.28. The summed E-state index contributed by atoms with van der Waals surface area (Å²) in [6, 6.07) is 17.7. The van der Waals surface area contributed by atoms with E-state index in [1.807, 2.05) is 53.7 Å². The maximum atomic E-state index is 12.5. The van der Waals surface area contributed by atoms with Gasteiger partial charge in [0.25, 0.3) is 0 Å². The Morgan fingerprint density at radius 2 is 0.889 bits per heavy atom. The zero-order valence-electron chi connectivity index (χ0n) is 16.9. The summed E-state index contributed by atoms with van der Waals surface area (Å²) in [6.45, 7) is 11.2. The highest BCUT2D eigenvalue weighted by molar-refractivity contribution is 5.90. The summed E-state index contributed by atoms with van der Waals surface area (Å²) in [5.74, 6) is -0.808. The molecule has 0 radical (unpaired) electrons. The van der Waals surface area contributed by atoms with Crippen LogP contribution in [0.3, 0.4) is 0 Å². The summed E-state index contributed by atoms with van der Waals surface area (Å²) in [5, 5.41) is 0. The molecule has 0 heterocycles. The van der Waals surface area contributed by atoms with Crippen molar-refractivity contribution in [2.24, 2.45) is 5.41 Å². The van der Waals surface area contributed by atoms with Gasteiger partial charge in [0, 0.05) is 5.41 Å². The molecule has 0 aromatic heterocycles. The monoisotopic (exact) mass is 368 g/mol. The molecular formula is C23H28O4. The molecular weight excluding hydrogens is 340 g/mol. The third-order valence-corrected chi connectivity index (χ3v) is 5.72. The van der Waals surface area contributed by atoms with Crippen LogP contribution in [0, 0.1) is 5.41 Å². The minimum absolute atomic E-state index is 0.404. The first-order valence-electron chi connectivity index (χ1n) is 9.05. The molecule has 27 heavy (non-hydrogen) atoms. The zero-order chi connectivity index (χ0) is 20.3. The molecule has 0 aliphatic carbocycles. The van der Waals surface area contributed by atoms with Gasteiger partial charge in [-0.15, -0.1) is 0 Å². The van der Waals surface area contributed by atoms with Crippen molar-refractivity contribution in [3.05, 3.63) is 71.8 Å². The molecule has 2 aromatic carbocycles. The lowest BCUT2D eigenvalue weighted by molar-refractivity contribution is -0.153. The van der Waals surface area contributed by atoms with E-state index in [4.69, 9.17) is 9.47 Å². The van der Waals surface area contributed by atoms with Gasteiger partial charge in [0.15, 0.2) is 0 Å². The zero-order valence-corrected chi connectivity index (χ0v) is 16.9. The molecule has 0 saturated carbocycles. The van der Waals surface area contributed by atoms with Crippen LogP contribution in [0.4, 0.5) is 0 Å². The van der Waals surface area contributed by atoms with Crippen molar-refractivity contribution in [3.63, 3.8) is 0 Å². The average Bonchev–Trinajstić information content (AvgIpc) is 2.62. The summed E-state index contributed by atoms with van der Waals surface area (Å²) in [5.41, 5.74) is -1.48. The Labute approximate surface area is 161 Å². The number of rotatable bonds is 6. The van der Waals surface area contributed by atoms with Crippen LogP contribution < -0.4 is 0 Å². The number of hydrogen-bond donors (Lipinski definition) is 0. The van der Waals surface area contributed by atoms with Crippen molar-refractivity contribution in [2.45, 2.75) is 52.7 Å². The van der Waals surface area contributed by atoms with Gasteiger partial charge in [0.2, 0.25) is 0 Å². The molecule has 0 unspecified atom stereocenters. The largest absolute Gasteiger partial charge is 0.455 e. The van der Waals surface area contributed by atoms with Gasteiger partial charge >= 0.3 is 11.9 Å². The normalized spacial score (nSPS) is 12.4. The molecule has 0 saturated heterocycles. The maximum Gasteiger partial charge on any atom is 0.338 e. The van der Waals surface area contributed by atoms with E-state index < -0.39 is 28.6 Å². The minimum atomic E-state index is -0.888. The Morgan fingerprint density at radius 3 is 1.19 bits per heavy atom. The Morgan fingerprint density at radius 1 is 0.593 bits per heavy atom. The Kier molecular flexibility index (Phi) is 5.79. The van der Waals surface area contributed by atoms with Crippen molar-refractivity contribution < 1.29 is 19.1 Å². The third-order valence-electron chi connectivity index (χ3n) is 5.72. The number of esters is 2. The molecule has 0 fully saturated rings. The Balaban J connectivity index is 2.20. The third kappa shape index (κ3) is 4.38. The van der Waals surface area contributed by atoms with Crippen LogP contribution in [0.1, 0.15) is 62.3 Å². The number of hydrogen-bond acceptors (Lipinski definition) is 4. The highest BCUT2D eigenvalue weighted by Gasteiger charge is 2.53. The van der Waals surface area contributed by atoms with Gasteiger partial charge in [-0.25, -0.2) is 9.59 Å². The van der Waals surface area contributed by atoms with Crippen LogP contribution in [-0.2, 0) is 9.47 Å². The van der Waals surface area contributed by atoms with Crippen LogP contribution in [0.5, 0.6) is 0 Å². The summed E-state index contributed by atoms with van der Waals surface area (Å²) in [6.07, 6.45) is 0. The first kappa shape index (κ1) is 20.7. The molecule has 0 spiro atoms. The van der Waals surface area contributed by atoms with Crippen LogP contribution in [-0.4, -0.2) is 23.1 Å². The number of ether oxygens (including phenoxy) is 2. The van der Waals surface area contributed by atoms with E-state index in [1.54, 1.807) is 48.5 Å². The number of benzene rings is 2. The van der Waals surface area contributed by atoms with Crippen LogP contribution in [0.15, 0.2) is 60.7 Å². The van der Waals surface area contributed by atoms with E-state index in [-0.39, 0.29) is 0 Å².